The largest absolute Gasteiger partial charge is 0.496 e. The highest BCUT2D eigenvalue weighted by Gasteiger charge is 2.30. The smallest absolute Gasteiger partial charge is 0.416 e. The number of carbonyl (C=O) groups excluding carboxylic acids is 1. The zero-order chi connectivity index (χ0) is 19.3. The van der Waals surface area contributed by atoms with Gasteiger partial charge >= 0.3 is 6.18 Å². The van der Waals surface area contributed by atoms with Crippen LogP contribution in [0.2, 0.25) is 5.02 Å². The first-order valence-electron chi connectivity index (χ1n) is 7.09. The molecule has 0 heterocycles. The summed E-state index contributed by atoms with van der Waals surface area (Å²) < 4.78 is 43.2. The van der Waals surface area contributed by atoms with Crippen molar-refractivity contribution in [1.82, 2.24) is 10.9 Å². The van der Waals surface area contributed by atoms with Crippen LogP contribution in [0.4, 0.5) is 18.9 Å². The molecule has 0 aliphatic heterocycles. The number of anilines is 1. The Morgan fingerprint density at radius 2 is 1.88 bits per heavy atom. The maximum absolute atomic E-state index is 12.7. The molecule has 26 heavy (non-hydrogen) atoms. The summed E-state index contributed by atoms with van der Waals surface area (Å²) >= 11 is 10.8. The quantitative estimate of drug-likeness (QED) is 0.534. The van der Waals surface area contributed by atoms with Gasteiger partial charge in [0.15, 0.2) is 5.11 Å². The molecule has 10 heteroatoms. The molecule has 0 spiro atoms. The number of hydrogen-bond donors (Lipinski definition) is 3. The third-order valence-corrected chi connectivity index (χ3v) is 3.58. The summed E-state index contributed by atoms with van der Waals surface area (Å²) in [7, 11) is 1.40. The molecule has 5 nitrogen and oxygen atoms in total. The first-order chi connectivity index (χ1) is 12.2. The Hall–Kier alpha value is -2.52. The average Bonchev–Trinajstić information content (AvgIpc) is 2.59. The van der Waals surface area contributed by atoms with Crippen molar-refractivity contribution >= 4 is 40.5 Å². The minimum atomic E-state index is -4.47. The van der Waals surface area contributed by atoms with Gasteiger partial charge in [-0.25, -0.2) is 0 Å². The topological polar surface area (TPSA) is 62.4 Å². The number of nitrogens with one attached hydrogen (secondary N) is 3. The number of ether oxygens (including phenoxy) is 1. The van der Waals surface area contributed by atoms with E-state index in [1.165, 1.54) is 31.4 Å². The molecule has 0 fully saturated rings. The van der Waals surface area contributed by atoms with E-state index in [1.54, 1.807) is 6.07 Å². The third-order valence-electron chi connectivity index (χ3n) is 3.14. The second-order valence-electron chi connectivity index (χ2n) is 4.96. The molecule has 0 bridgehead atoms. The van der Waals surface area contributed by atoms with E-state index in [4.69, 9.17) is 28.6 Å². The number of carbonyl (C=O) groups is 1. The van der Waals surface area contributed by atoms with Crippen LogP contribution < -0.4 is 20.9 Å². The van der Waals surface area contributed by atoms with E-state index in [0.29, 0.717) is 10.8 Å². The van der Waals surface area contributed by atoms with Crippen LogP contribution >= 0.6 is 23.8 Å². The van der Waals surface area contributed by atoms with Gasteiger partial charge in [-0.2, -0.15) is 13.2 Å². The number of rotatable bonds is 3. The van der Waals surface area contributed by atoms with Gasteiger partial charge in [-0.3, -0.25) is 15.6 Å². The van der Waals surface area contributed by atoms with E-state index in [1.807, 2.05) is 0 Å². The highest BCUT2D eigenvalue weighted by atomic mass is 35.5. The van der Waals surface area contributed by atoms with E-state index in [0.717, 1.165) is 12.1 Å². The standard InChI is InChI=1S/C16H13ClF3N3O2S/c1-25-13-6-5-10(17)8-12(13)14(24)22-23-15(26)21-11-4-2-3-9(7-11)16(18,19)20/h2-8H,1H3,(H,22,24)(H2,21,23,26). The zero-order valence-electron chi connectivity index (χ0n) is 13.3. The maximum Gasteiger partial charge on any atom is 0.416 e. The van der Waals surface area contributed by atoms with Crippen LogP contribution in [0.1, 0.15) is 15.9 Å². The molecule has 0 radical (unpaired) electrons. The van der Waals surface area contributed by atoms with Gasteiger partial charge in [-0.1, -0.05) is 17.7 Å². The molecule has 138 valence electrons. The van der Waals surface area contributed by atoms with Crippen LogP contribution in [0.25, 0.3) is 0 Å². The number of thiocarbonyl (C=S) groups is 1. The monoisotopic (exact) mass is 403 g/mol. The molecular formula is C16H13ClF3N3O2S. The van der Waals surface area contributed by atoms with Crippen LogP contribution in [-0.4, -0.2) is 18.1 Å². The molecule has 3 N–H and O–H groups in total. The van der Waals surface area contributed by atoms with Crippen LogP contribution in [0, 0.1) is 0 Å². The Balaban J connectivity index is 1.99. The molecule has 0 unspecified atom stereocenters. The normalized spacial score (nSPS) is 10.8. The lowest BCUT2D eigenvalue weighted by molar-refractivity contribution is -0.137. The lowest BCUT2D eigenvalue weighted by atomic mass is 10.2. The Morgan fingerprint density at radius 3 is 2.54 bits per heavy atom. The first-order valence-corrected chi connectivity index (χ1v) is 7.87. The lowest BCUT2D eigenvalue weighted by Crippen LogP contribution is -2.43. The molecule has 0 aliphatic rings. The van der Waals surface area contributed by atoms with E-state index >= 15 is 0 Å². The summed E-state index contributed by atoms with van der Waals surface area (Å²) in [5, 5.41) is 2.78. The van der Waals surface area contributed by atoms with E-state index in [-0.39, 0.29) is 16.4 Å². The Labute approximate surface area is 157 Å². The van der Waals surface area contributed by atoms with Crippen LogP contribution in [0.3, 0.4) is 0 Å². The van der Waals surface area contributed by atoms with Crippen molar-refractivity contribution < 1.29 is 22.7 Å². The van der Waals surface area contributed by atoms with E-state index in [2.05, 4.69) is 16.2 Å². The fourth-order valence-electron chi connectivity index (χ4n) is 1.97. The molecule has 2 aromatic carbocycles. The van der Waals surface area contributed by atoms with Crippen LogP contribution in [0.15, 0.2) is 42.5 Å². The van der Waals surface area contributed by atoms with Crippen molar-refractivity contribution in [3.8, 4) is 5.75 Å². The summed E-state index contributed by atoms with van der Waals surface area (Å²) in [6, 6.07) is 8.97. The zero-order valence-corrected chi connectivity index (χ0v) is 14.9. The molecule has 2 aromatic rings. The van der Waals surface area contributed by atoms with Gasteiger partial charge < -0.3 is 10.1 Å². The molecule has 0 saturated carbocycles. The number of methoxy groups -OCH3 is 1. The number of alkyl halides is 3. The lowest BCUT2D eigenvalue weighted by Gasteiger charge is -2.14. The predicted molar refractivity (Wildman–Crippen MR) is 96.3 cm³/mol. The number of hydrazine groups is 1. The van der Waals surface area contributed by atoms with Crippen molar-refractivity contribution in [2.45, 2.75) is 6.18 Å². The predicted octanol–water partition coefficient (Wildman–Crippen LogP) is 4.00. The number of halogens is 4. The highest BCUT2D eigenvalue weighted by molar-refractivity contribution is 7.80. The van der Waals surface area contributed by atoms with Gasteiger partial charge in [0.2, 0.25) is 0 Å². The maximum atomic E-state index is 12.7. The molecule has 2 rings (SSSR count). The van der Waals surface area contributed by atoms with Gasteiger partial charge in [0, 0.05) is 10.7 Å². The molecule has 0 atom stereocenters. The van der Waals surface area contributed by atoms with Gasteiger partial charge in [0.25, 0.3) is 5.91 Å². The molecule has 0 aromatic heterocycles. The number of benzene rings is 2. The second kappa shape index (κ2) is 8.24. The minimum absolute atomic E-state index is 0.0985. The van der Waals surface area contributed by atoms with Gasteiger partial charge in [-0.05, 0) is 48.6 Å². The number of hydrogen-bond acceptors (Lipinski definition) is 3. The molecule has 0 aliphatic carbocycles. The molecule has 0 saturated heterocycles. The van der Waals surface area contributed by atoms with E-state index < -0.39 is 17.6 Å². The Morgan fingerprint density at radius 1 is 1.15 bits per heavy atom. The summed E-state index contributed by atoms with van der Waals surface area (Å²) in [6.07, 6.45) is -4.47. The van der Waals surface area contributed by atoms with E-state index in [9.17, 15) is 18.0 Å². The molecule has 1 amide bonds. The Kier molecular flexibility index (Phi) is 6.27. The van der Waals surface area contributed by atoms with Crippen molar-refractivity contribution in [3.05, 3.63) is 58.6 Å². The van der Waals surface area contributed by atoms with Crippen molar-refractivity contribution in [1.29, 1.82) is 0 Å². The van der Waals surface area contributed by atoms with Gasteiger partial charge in [-0.15, -0.1) is 0 Å². The van der Waals surface area contributed by atoms with Crippen LogP contribution in [-0.2, 0) is 6.18 Å². The summed E-state index contributed by atoms with van der Waals surface area (Å²) in [5.41, 5.74) is 4.17. The fraction of sp³-hybridized carbons (Fsp3) is 0.125. The second-order valence-corrected chi connectivity index (χ2v) is 5.80. The minimum Gasteiger partial charge on any atom is -0.496 e. The highest BCUT2D eigenvalue weighted by Crippen LogP contribution is 2.30. The first kappa shape index (κ1) is 19.8. The van der Waals surface area contributed by atoms with Crippen molar-refractivity contribution in [3.63, 3.8) is 0 Å². The van der Waals surface area contributed by atoms with Crippen LogP contribution in [0.5, 0.6) is 5.75 Å². The van der Waals surface area contributed by atoms with Crippen molar-refractivity contribution in [2.75, 3.05) is 12.4 Å². The summed E-state index contributed by atoms with van der Waals surface area (Å²) in [6.45, 7) is 0. The summed E-state index contributed by atoms with van der Waals surface area (Å²) in [5.74, 6) is -0.289. The van der Waals surface area contributed by atoms with Crippen molar-refractivity contribution in [2.24, 2.45) is 0 Å². The SMILES string of the molecule is COc1ccc(Cl)cc1C(=O)NNC(=S)Nc1cccc(C(F)(F)F)c1. The van der Waals surface area contributed by atoms with Gasteiger partial charge in [0.1, 0.15) is 5.75 Å². The summed E-state index contributed by atoms with van der Waals surface area (Å²) in [4.78, 5) is 12.2. The molecular weight excluding hydrogens is 391 g/mol. The Bertz CT molecular complexity index is 831. The third kappa shape index (κ3) is 5.24. The average molecular weight is 404 g/mol. The van der Waals surface area contributed by atoms with Gasteiger partial charge in [0.05, 0.1) is 18.2 Å². The number of amides is 1. The fourth-order valence-corrected chi connectivity index (χ4v) is 2.32.